The second-order valence-corrected chi connectivity index (χ2v) is 5.08. The first kappa shape index (κ1) is 11.4. The highest BCUT2D eigenvalue weighted by Gasteiger charge is 2.21. The normalized spacial score (nSPS) is 23.6. The molecule has 0 aromatic carbocycles. The van der Waals surface area contributed by atoms with Crippen molar-refractivity contribution in [1.29, 1.82) is 0 Å². The lowest BCUT2D eigenvalue weighted by molar-refractivity contribution is -0.109. The van der Waals surface area contributed by atoms with Crippen molar-refractivity contribution in [3.05, 3.63) is 23.6 Å². The molecule has 0 bridgehead atoms. The Bertz CT molecular complexity index is 387. The van der Waals surface area contributed by atoms with Gasteiger partial charge in [-0.1, -0.05) is 16.9 Å². The largest absolute Gasteiger partial charge is 0.357 e. The van der Waals surface area contributed by atoms with Crippen LogP contribution >= 0.6 is 11.8 Å². The van der Waals surface area contributed by atoms with Crippen LogP contribution in [0, 0.1) is 0 Å². The van der Waals surface area contributed by atoms with Crippen molar-refractivity contribution in [2.45, 2.75) is 18.6 Å². The number of nitrogens with zero attached hydrogens (tertiary/aromatic N) is 1. The summed E-state index contributed by atoms with van der Waals surface area (Å²) < 4.78 is 5.04. The van der Waals surface area contributed by atoms with Crippen LogP contribution in [0.1, 0.15) is 19.1 Å². The van der Waals surface area contributed by atoms with Gasteiger partial charge in [0.25, 0.3) is 0 Å². The molecule has 1 unspecified atom stereocenters. The number of hydrogen-bond acceptors (Lipinski definition) is 5. The Kier molecular flexibility index (Phi) is 3.79. The molecule has 1 N–H and O–H groups in total. The van der Waals surface area contributed by atoms with Crippen LogP contribution in [-0.4, -0.2) is 28.6 Å². The van der Waals surface area contributed by atoms with Gasteiger partial charge in [-0.3, -0.25) is 4.79 Å². The third-order valence-corrected chi connectivity index (χ3v) is 3.57. The van der Waals surface area contributed by atoms with E-state index < -0.39 is 0 Å². The van der Waals surface area contributed by atoms with E-state index in [2.05, 4.69) is 10.5 Å². The summed E-state index contributed by atoms with van der Waals surface area (Å²) in [5, 5.41) is 7.39. The van der Waals surface area contributed by atoms with Crippen molar-refractivity contribution in [3.8, 4) is 0 Å². The number of nitrogens with one attached hydrogen (secondary N) is 1. The van der Waals surface area contributed by atoms with E-state index in [1.54, 1.807) is 13.1 Å². The van der Waals surface area contributed by atoms with Crippen LogP contribution in [0.5, 0.6) is 0 Å². The van der Waals surface area contributed by atoms with Gasteiger partial charge in [0.05, 0.1) is 6.20 Å². The first-order valence-electron chi connectivity index (χ1n) is 5.25. The fourth-order valence-corrected chi connectivity index (χ4v) is 2.67. The van der Waals surface area contributed by atoms with E-state index in [4.69, 9.17) is 4.52 Å². The van der Waals surface area contributed by atoms with Gasteiger partial charge in [0.15, 0.2) is 10.9 Å². The molecule has 1 aromatic heterocycles. The van der Waals surface area contributed by atoms with Gasteiger partial charge in [-0.2, -0.15) is 0 Å². The Morgan fingerprint density at radius 1 is 1.75 bits per heavy atom. The average Bonchev–Trinajstić information content (AvgIpc) is 2.73. The standard InChI is InChI=1S/C11H14N2O2S/c1-8(14)16-11-3-4-12-7-9(11)6-10-2-5-13-15-10/h2,5-6,11-12H,3-4,7H2,1H3. The van der Waals surface area contributed by atoms with E-state index in [0.717, 1.165) is 25.3 Å². The van der Waals surface area contributed by atoms with E-state index in [0.29, 0.717) is 0 Å². The predicted octanol–water partition coefficient (Wildman–Crippen LogP) is 1.70. The summed E-state index contributed by atoms with van der Waals surface area (Å²) in [7, 11) is 0. The van der Waals surface area contributed by atoms with Crippen LogP contribution in [0.15, 0.2) is 22.4 Å². The highest BCUT2D eigenvalue weighted by atomic mass is 32.2. The van der Waals surface area contributed by atoms with Gasteiger partial charge in [-0.25, -0.2) is 0 Å². The molecular weight excluding hydrogens is 224 g/mol. The third-order valence-electron chi connectivity index (χ3n) is 2.42. The van der Waals surface area contributed by atoms with Gasteiger partial charge in [-0.05, 0) is 24.6 Å². The molecule has 4 nitrogen and oxygen atoms in total. The SMILES string of the molecule is CC(=O)SC1CCNCC1=Cc1ccno1. The highest BCUT2D eigenvalue weighted by molar-refractivity contribution is 8.14. The molecule has 86 valence electrons. The Balaban J connectivity index is 2.12. The van der Waals surface area contributed by atoms with Gasteiger partial charge in [-0.15, -0.1) is 0 Å². The quantitative estimate of drug-likeness (QED) is 0.850. The average molecular weight is 238 g/mol. The summed E-state index contributed by atoms with van der Waals surface area (Å²) in [6, 6.07) is 1.82. The fourth-order valence-electron chi connectivity index (χ4n) is 1.73. The summed E-state index contributed by atoms with van der Waals surface area (Å²) in [6.45, 7) is 3.38. The number of hydrogen-bond donors (Lipinski definition) is 1. The van der Waals surface area contributed by atoms with Crippen LogP contribution < -0.4 is 5.32 Å². The Hall–Kier alpha value is -1.07. The number of thioether (sulfide) groups is 1. The first-order chi connectivity index (χ1) is 7.75. The molecule has 0 aliphatic carbocycles. The molecule has 2 heterocycles. The van der Waals surface area contributed by atoms with Crippen molar-refractivity contribution in [1.82, 2.24) is 10.5 Å². The number of carbonyl (C=O) groups is 1. The number of piperidine rings is 1. The summed E-state index contributed by atoms with van der Waals surface area (Å²) in [5.74, 6) is 0.743. The van der Waals surface area contributed by atoms with E-state index in [9.17, 15) is 4.79 Å². The summed E-state index contributed by atoms with van der Waals surface area (Å²) in [5.41, 5.74) is 1.20. The molecule has 16 heavy (non-hydrogen) atoms. The summed E-state index contributed by atoms with van der Waals surface area (Å²) in [4.78, 5) is 11.1. The zero-order valence-corrected chi connectivity index (χ0v) is 9.92. The van der Waals surface area contributed by atoms with Crippen LogP contribution in [0.4, 0.5) is 0 Å². The summed E-state index contributed by atoms with van der Waals surface area (Å²) >= 11 is 1.40. The van der Waals surface area contributed by atoms with Gasteiger partial charge in [0.1, 0.15) is 0 Å². The smallest absolute Gasteiger partial charge is 0.186 e. The molecule has 0 spiro atoms. The Morgan fingerprint density at radius 2 is 2.62 bits per heavy atom. The minimum Gasteiger partial charge on any atom is -0.357 e. The van der Waals surface area contributed by atoms with Gasteiger partial charge < -0.3 is 9.84 Å². The molecule has 1 fully saturated rings. The van der Waals surface area contributed by atoms with Crippen LogP contribution in [0.3, 0.4) is 0 Å². The Labute approximate surface area is 98.5 Å². The van der Waals surface area contributed by atoms with Gasteiger partial charge >= 0.3 is 0 Å². The maximum atomic E-state index is 11.1. The minimum atomic E-state index is 0.162. The molecule has 1 aromatic rings. The monoisotopic (exact) mass is 238 g/mol. The maximum absolute atomic E-state index is 11.1. The molecule has 1 atom stereocenters. The van der Waals surface area contributed by atoms with Gasteiger partial charge in [0, 0.05) is 24.8 Å². The van der Waals surface area contributed by atoms with Crippen molar-refractivity contribution in [2.75, 3.05) is 13.1 Å². The molecule has 5 heteroatoms. The molecular formula is C11H14N2O2S. The zero-order valence-electron chi connectivity index (χ0n) is 9.10. The minimum absolute atomic E-state index is 0.162. The number of aromatic nitrogens is 1. The highest BCUT2D eigenvalue weighted by Crippen LogP contribution is 2.26. The molecule has 0 radical (unpaired) electrons. The van der Waals surface area contributed by atoms with Crippen molar-refractivity contribution in [3.63, 3.8) is 0 Å². The van der Waals surface area contributed by atoms with Crippen molar-refractivity contribution >= 4 is 23.0 Å². The zero-order chi connectivity index (χ0) is 11.4. The predicted molar refractivity (Wildman–Crippen MR) is 64.0 cm³/mol. The molecule has 1 saturated heterocycles. The maximum Gasteiger partial charge on any atom is 0.186 e. The van der Waals surface area contributed by atoms with Crippen molar-refractivity contribution < 1.29 is 9.32 Å². The lowest BCUT2D eigenvalue weighted by atomic mass is 10.1. The lowest BCUT2D eigenvalue weighted by Gasteiger charge is -2.24. The topological polar surface area (TPSA) is 55.1 Å². The summed E-state index contributed by atoms with van der Waals surface area (Å²) in [6.07, 6.45) is 4.57. The fraction of sp³-hybridized carbons (Fsp3) is 0.455. The molecule has 1 aliphatic rings. The van der Waals surface area contributed by atoms with E-state index in [-0.39, 0.29) is 10.4 Å². The molecule has 0 amide bonds. The van der Waals surface area contributed by atoms with Crippen LogP contribution in [0.2, 0.25) is 0 Å². The number of rotatable bonds is 2. The third kappa shape index (κ3) is 2.96. The van der Waals surface area contributed by atoms with Crippen LogP contribution in [-0.2, 0) is 4.79 Å². The first-order valence-corrected chi connectivity index (χ1v) is 6.13. The van der Waals surface area contributed by atoms with E-state index >= 15 is 0 Å². The molecule has 0 saturated carbocycles. The molecule has 1 aliphatic heterocycles. The van der Waals surface area contributed by atoms with Gasteiger partial charge in [0.2, 0.25) is 0 Å². The second kappa shape index (κ2) is 5.32. The van der Waals surface area contributed by atoms with Crippen LogP contribution in [0.25, 0.3) is 6.08 Å². The second-order valence-electron chi connectivity index (χ2n) is 3.70. The van der Waals surface area contributed by atoms with E-state index in [1.165, 1.54) is 17.3 Å². The molecule has 2 rings (SSSR count). The Morgan fingerprint density at radius 3 is 3.31 bits per heavy atom. The van der Waals surface area contributed by atoms with E-state index in [1.807, 2.05) is 12.1 Å². The van der Waals surface area contributed by atoms with Crippen molar-refractivity contribution in [2.24, 2.45) is 0 Å². The lowest BCUT2D eigenvalue weighted by Crippen LogP contribution is -2.32. The number of carbonyl (C=O) groups excluding carboxylic acids is 1.